The highest BCUT2D eigenvalue weighted by atomic mass is 19.4. The van der Waals surface area contributed by atoms with E-state index in [0.717, 1.165) is 17.7 Å². The third-order valence-electron chi connectivity index (χ3n) is 5.30. The molecule has 2 aliphatic rings. The smallest absolute Gasteiger partial charge is 0.430 e. The Hall–Kier alpha value is -4.12. The van der Waals surface area contributed by atoms with Gasteiger partial charge in [-0.15, -0.1) is 0 Å². The van der Waals surface area contributed by atoms with Crippen molar-refractivity contribution in [3.63, 3.8) is 0 Å². The summed E-state index contributed by atoms with van der Waals surface area (Å²) in [6.07, 6.45) is -9.73. The molecule has 2 aromatic carbocycles. The van der Waals surface area contributed by atoms with Crippen LogP contribution in [0.4, 0.5) is 32.0 Å². The number of carboxylic acids is 1. The molecule has 0 spiro atoms. The van der Waals surface area contributed by atoms with Gasteiger partial charge < -0.3 is 20.5 Å². The summed E-state index contributed by atoms with van der Waals surface area (Å²) in [7, 11) is 0. The molecule has 0 aromatic heterocycles. The van der Waals surface area contributed by atoms with Gasteiger partial charge in [-0.05, 0) is 24.3 Å². The van der Waals surface area contributed by atoms with Crippen LogP contribution in [0, 0.1) is 16.2 Å². The summed E-state index contributed by atoms with van der Waals surface area (Å²) in [4.78, 5) is 24.1. The Balaban J connectivity index is 0.000000454. The Morgan fingerprint density at radius 1 is 1.06 bits per heavy atom. The summed E-state index contributed by atoms with van der Waals surface area (Å²) in [5.41, 5.74) is 7.81. The average molecular weight is 513 g/mol. The van der Waals surface area contributed by atoms with Crippen molar-refractivity contribution in [1.82, 2.24) is 9.91 Å². The third kappa shape index (κ3) is 5.25. The zero-order valence-electron chi connectivity index (χ0n) is 18.2. The molecular weight excluding hydrogens is 496 g/mol. The highest BCUT2D eigenvalue weighted by molar-refractivity contribution is 5.93. The van der Waals surface area contributed by atoms with Crippen LogP contribution in [0.3, 0.4) is 0 Å². The number of hydrogen-bond donors (Lipinski definition) is 1. The van der Waals surface area contributed by atoms with Gasteiger partial charge in [0.05, 0.1) is 33.4 Å². The number of benzene rings is 2. The minimum absolute atomic E-state index is 0.0319. The summed E-state index contributed by atoms with van der Waals surface area (Å²) in [6.45, 7) is 1.74. The molecule has 0 saturated carbocycles. The molecule has 2 heterocycles. The summed E-state index contributed by atoms with van der Waals surface area (Å²) in [5, 5.41) is 19.3. The molecule has 0 fully saturated rings. The molecule has 0 atom stereocenters. The number of nitriles is 1. The third-order valence-corrected chi connectivity index (χ3v) is 5.30. The molecule has 8 nitrogen and oxygen atoms in total. The second kappa shape index (κ2) is 9.86. The largest absolute Gasteiger partial charge is 0.542 e. The van der Waals surface area contributed by atoms with Gasteiger partial charge in [0.25, 0.3) is 0 Å². The summed E-state index contributed by atoms with van der Waals surface area (Å²) in [6, 6.07) is 12.1. The number of nitrogens with zero attached hydrogens (tertiary/aromatic N) is 4. The number of aliphatic carboxylic acids is 1. The number of nitroso groups, excluding NO2 is 1. The first-order chi connectivity index (χ1) is 16.8. The number of hydrazine groups is 1. The molecule has 0 saturated heterocycles. The SMILES string of the molecule is N#Cc1ccc(C2=C3c4ccc(C(F)(F)F)cc4[N+](=O)N3CCN2CCN)cc1.O=C([O-])C(F)(F)F. The van der Waals surface area contributed by atoms with Crippen LogP contribution in [-0.2, 0) is 11.0 Å². The molecule has 190 valence electrons. The van der Waals surface area contributed by atoms with E-state index in [0.29, 0.717) is 53.6 Å². The zero-order valence-corrected chi connectivity index (χ0v) is 18.2. The fourth-order valence-corrected chi connectivity index (χ4v) is 3.76. The second-order valence-electron chi connectivity index (χ2n) is 7.57. The second-order valence-corrected chi connectivity index (χ2v) is 7.57. The number of halogens is 6. The van der Waals surface area contributed by atoms with Crippen LogP contribution in [0.25, 0.3) is 11.4 Å². The maximum atomic E-state index is 13.1. The molecule has 36 heavy (non-hydrogen) atoms. The Morgan fingerprint density at radius 3 is 2.17 bits per heavy atom. The van der Waals surface area contributed by atoms with E-state index in [4.69, 9.17) is 20.9 Å². The molecule has 0 radical (unpaired) electrons. The van der Waals surface area contributed by atoms with E-state index in [1.165, 1.54) is 11.1 Å². The Kier molecular flexibility index (Phi) is 7.25. The quantitative estimate of drug-likeness (QED) is 0.496. The van der Waals surface area contributed by atoms with Crippen molar-refractivity contribution in [2.24, 2.45) is 5.73 Å². The first-order valence-electron chi connectivity index (χ1n) is 10.2. The van der Waals surface area contributed by atoms with E-state index in [1.807, 2.05) is 4.90 Å². The van der Waals surface area contributed by atoms with Crippen molar-refractivity contribution in [3.8, 4) is 6.07 Å². The molecule has 4 rings (SSSR count). The van der Waals surface area contributed by atoms with E-state index in [2.05, 4.69) is 6.07 Å². The van der Waals surface area contributed by atoms with Crippen molar-refractivity contribution >= 4 is 23.1 Å². The van der Waals surface area contributed by atoms with E-state index in [9.17, 15) is 31.2 Å². The normalized spacial score (nSPS) is 15.1. The van der Waals surface area contributed by atoms with Crippen molar-refractivity contribution in [3.05, 3.63) is 69.6 Å². The first kappa shape index (κ1) is 26.5. The van der Waals surface area contributed by atoms with Gasteiger partial charge in [0.2, 0.25) is 0 Å². The van der Waals surface area contributed by atoms with Crippen molar-refractivity contribution in [2.75, 3.05) is 26.2 Å². The van der Waals surface area contributed by atoms with Crippen LogP contribution < -0.4 is 10.8 Å². The van der Waals surface area contributed by atoms with Gasteiger partial charge in [0.15, 0.2) is 4.87 Å². The highest BCUT2D eigenvalue weighted by Crippen LogP contribution is 2.46. The summed E-state index contributed by atoms with van der Waals surface area (Å²) in [5.74, 6) is -3.01. The van der Waals surface area contributed by atoms with E-state index in [-0.39, 0.29) is 5.69 Å². The van der Waals surface area contributed by atoms with E-state index in [1.54, 1.807) is 24.3 Å². The van der Waals surface area contributed by atoms with Gasteiger partial charge in [-0.3, -0.25) is 0 Å². The van der Waals surface area contributed by atoms with Gasteiger partial charge in [0, 0.05) is 31.3 Å². The van der Waals surface area contributed by atoms with E-state index < -0.39 is 23.9 Å². The number of rotatable bonds is 3. The highest BCUT2D eigenvalue weighted by Gasteiger charge is 2.47. The molecule has 2 aliphatic heterocycles. The maximum absolute atomic E-state index is 13.1. The van der Waals surface area contributed by atoms with Gasteiger partial charge in [-0.25, -0.2) is 0 Å². The lowest BCUT2D eigenvalue weighted by Gasteiger charge is -2.33. The number of hydrogen-bond acceptors (Lipinski definition) is 6. The van der Waals surface area contributed by atoms with Crippen LogP contribution in [0.15, 0.2) is 42.5 Å². The average Bonchev–Trinajstić information content (AvgIpc) is 3.10. The lowest BCUT2D eigenvalue weighted by Crippen LogP contribution is -2.42. The monoisotopic (exact) mass is 513 g/mol. The number of nitrogens with two attached hydrogens (primary N) is 1. The molecule has 2 aromatic rings. The Bertz CT molecular complexity index is 1250. The van der Waals surface area contributed by atoms with Gasteiger partial charge in [-0.1, -0.05) is 17.1 Å². The van der Waals surface area contributed by atoms with Crippen LogP contribution in [0.2, 0.25) is 0 Å². The number of alkyl halides is 6. The summed E-state index contributed by atoms with van der Waals surface area (Å²) < 4.78 is 71.0. The van der Waals surface area contributed by atoms with Crippen LogP contribution in [0.1, 0.15) is 22.3 Å². The number of carbonyl (C=O) groups excluding carboxylic acids is 1. The molecule has 0 amide bonds. The zero-order chi connectivity index (χ0) is 26.8. The van der Waals surface area contributed by atoms with Gasteiger partial charge in [0.1, 0.15) is 18.2 Å². The topological polar surface area (TPSA) is 116 Å². The lowest BCUT2D eigenvalue weighted by atomic mass is 9.99. The standard InChI is InChI=1S/C20H17F3N5O.C2HF3O2/c21-20(22,23)15-5-6-16-17(11-15)28(29)27-10-9-26(8-7-24)18(19(16)27)14-3-1-13(12-25)2-4-14;3-2(4,5)1(6)7/h1-6,11H,7-10,24H2;(H,6,7)/q+1;/p-1. The number of carboxylic acid groups (broad SMARTS) is 1. The van der Waals surface area contributed by atoms with Crippen molar-refractivity contribution < 1.29 is 41.1 Å². The minimum atomic E-state index is -5.19. The van der Waals surface area contributed by atoms with Crippen LogP contribution in [0.5, 0.6) is 0 Å². The lowest BCUT2D eigenvalue weighted by molar-refractivity contribution is -0.612. The first-order valence-corrected chi connectivity index (χ1v) is 10.2. The van der Waals surface area contributed by atoms with Gasteiger partial charge >= 0.3 is 18.0 Å². The van der Waals surface area contributed by atoms with Crippen molar-refractivity contribution in [2.45, 2.75) is 12.4 Å². The number of fused-ring (bicyclic) bond motifs is 3. The van der Waals surface area contributed by atoms with Gasteiger partial charge in [-0.2, -0.15) is 31.6 Å². The number of carbonyl (C=O) groups is 1. The predicted molar refractivity (Wildman–Crippen MR) is 111 cm³/mol. The van der Waals surface area contributed by atoms with Crippen LogP contribution in [-0.4, -0.2) is 53.1 Å². The minimum Gasteiger partial charge on any atom is -0.542 e. The van der Waals surface area contributed by atoms with E-state index >= 15 is 0 Å². The summed E-state index contributed by atoms with van der Waals surface area (Å²) >= 11 is 0. The predicted octanol–water partition coefficient (Wildman–Crippen LogP) is 2.62. The van der Waals surface area contributed by atoms with Crippen LogP contribution >= 0.6 is 0 Å². The molecular formula is C22H17F6N5O3. The molecule has 14 heteroatoms. The maximum Gasteiger partial charge on any atom is 0.430 e. The molecule has 2 N–H and O–H groups in total. The fraction of sp³-hybridized carbons (Fsp3) is 0.273. The Morgan fingerprint density at radius 2 is 1.67 bits per heavy atom. The molecule has 0 aliphatic carbocycles. The molecule has 0 bridgehead atoms. The van der Waals surface area contributed by atoms with Crippen molar-refractivity contribution in [1.29, 1.82) is 5.26 Å². The molecule has 0 unspecified atom stereocenters. The fourth-order valence-electron chi connectivity index (χ4n) is 3.76. The Labute approximate surface area is 200 Å².